The number of pyridine rings is 1. The van der Waals surface area contributed by atoms with Crippen LogP contribution in [0.1, 0.15) is 77.8 Å². The monoisotopic (exact) mass is 586 g/mol. The van der Waals surface area contributed by atoms with Crippen LogP contribution in [0.5, 0.6) is 0 Å². The number of nitrogens with zero attached hydrogens (tertiary/aromatic N) is 4. The molecule has 0 radical (unpaired) electrons. The summed E-state index contributed by atoms with van der Waals surface area (Å²) in [5.41, 5.74) is 2.80. The van der Waals surface area contributed by atoms with E-state index in [9.17, 15) is 9.90 Å². The zero-order valence-electron chi connectivity index (χ0n) is 24.0. The third-order valence-corrected chi connectivity index (χ3v) is 8.70. The summed E-state index contributed by atoms with van der Waals surface area (Å²) in [5, 5.41) is 23.4. The van der Waals surface area contributed by atoms with Crippen LogP contribution in [0.3, 0.4) is 0 Å². The second-order valence-corrected chi connectivity index (χ2v) is 12.3. The second-order valence-electron chi connectivity index (χ2n) is 10.2. The van der Waals surface area contributed by atoms with Crippen LogP contribution >= 0.6 is 23.1 Å². The smallest absolute Gasteiger partial charge is 0.255 e. The summed E-state index contributed by atoms with van der Waals surface area (Å²) >= 11 is 3.18. The molecule has 1 saturated heterocycles. The van der Waals surface area contributed by atoms with Gasteiger partial charge >= 0.3 is 0 Å². The Morgan fingerprint density at radius 1 is 1.43 bits per heavy atom. The number of aliphatic hydroxyl groups is 1. The Balaban J connectivity index is 0.000000472. The maximum atomic E-state index is 13.0. The third kappa shape index (κ3) is 9.50. The predicted octanol–water partition coefficient (Wildman–Crippen LogP) is 5.93. The first-order chi connectivity index (χ1) is 19.2. The Morgan fingerprint density at radius 3 is 2.77 bits per heavy atom. The molecule has 4 rings (SSSR count). The van der Waals surface area contributed by atoms with Gasteiger partial charge in [0.05, 0.1) is 38.3 Å². The number of aliphatic imine (C=N–C) groups is 1. The second kappa shape index (κ2) is 15.4. The molecule has 3 heterocycles. The lowest BCUT2D eigenvalue weighted by molar-refractivity contribution is 0.0660. The van der Waals surface area contributed by atoms with E-state index in [0.29, 0.717) is 43.3 Å². The van der Waals surface area contributed by atoms with Gasteiger partial charge < -0.3 is 25.5 Å². The molecule has 40 heavy (non-hydrogen) atoms. The molecule has 0 bridgehead atoms. The number of ether oxygens (including phenoxy) is 1. The first-order valence-corrected chi connectivity index (χ1v) is 15.6. The van der Waals surface area contributed by atoms with Crippen LogP contribution in [-0.2, 0) is 4.74 Å². The highest BCUT2D eigenvalue weighted by atomic mass is 32.2. The van der Waals surface area contributed by atoms with Crippen LogP contribution < -0.4 is 5.32 Å². The van der Waals surface area contributed by atoms with Gasteiger partial charge in [-0.25, -0.2) is 9.97 Å². The van der Waals surface area contributed by atoms with Gasteiger partial charge in [0, 0.05) is 51.1 Å². The summed E-state index contributed by atoms with van der Waals surface area (Å²) in [4.78, 5) is 29.0. The molecule has 9 nitrogen and oxygen atoms in total. The van der Waals surface area contributed by atoms with E-state index < -0.39 is 0 Å². The molecular formula is C29H42N6O3S2. The van der Waals surface area contributed by atoms with Crippen molar-refractivity contribution < 1.29 is 14.6 Å². The first-order valence-electron chi connectivity index (χ1n) is 13.7. The summed E-state index contributed by atoms with van der Waals surface area (Å²) in [6.07, 6.45) is 7.64. The van der Waals surface area contributed by atoms with Crippen molar-refractivity contribution in [1.29, 1.82) is 5.41 Å². The number of thiazole rings is 1. The van der Waals surface area contributed by atoms with Gasteiger partial charge in [-0.2, -0.15) is 0 Å². The molecule has 0 aromatic carbocycles. The van der Waals surface area contributed by atoms with Crippen molar-refractivity contribution in [3.8, 4) is 0 Å². The minimum Gasteiger partial charge on any atom is -0.390 e. The Morgan fingerprint density at radius 2 is 2.20 bits per heavy atom. The number of anilines is 1. The number of hydrogen-bond donors (Lipinski definition) is 3. The Kier molecular flexibility index (Phi) is 12.3. The van der Waals surface area contributed by atoms with Gasteiger partial charge in [-0.05, 0) is 63.8 Å². The largest absolute Gasteiger partial charge is 0.390 e. The molecule has 1 atom stereocenters. The van der Waals surface area contributed by atoms with Gasteiger partial charge in [0.1, 0.15) is 5.82 Å². The topological polar surface area (TPSA) is 124 Å². The quantitative estimate of drug-likeness (QED) is 0.160. The molecule has 2 aromatic rings. The zero-order chi connectivity index (χ0) is 29.1. The van der Waals surface area contributed by atoms with Crippen LogP contribution in [0, 0.1) is 19.3 Å². The van der Waals surface area contributed by atoms with E-state index in [-0.39, 0.29) is 17.6 Å². The van der Waals surface area contributed by atoms with Crippen molar-refractivity contribution >= 4 is 52.9 Å². The molecule has 11 heteroatoms. The molecule has 1 aliphatic heterocycles. The van der Waals surface area contributed by atoms with E-state index in [1.54, 1.807) is 36.4 Å². The molecule has 218 valence electrons. The normalized spacial score (nSPS) is 18.1. The molecule has 2 aromatic heterocycles. The predicted molar refractivity (Wildman–Crippen MR) is 167 cm³/mol. The molecule has 1 amide bonds. The maximum Gasteiger partial charge on any atom is 0.255 e. The summed E-state index contributed by atoms with van der Waals surface area (Å²) in [5.74, 6) is 1.33. The van der Waals surface area contributed by atoms with E-state index in [1.807, 2.05) is 36.3 Å². The highest BCUT2D eigenvalue weighted by Gasteiger charge is 2.39. The number of thioether (sulfide) groups is 1. The number of amides is 1. The number of likely N-dealkylation sites (tertiary alicyclic amines) is 1. The van der Waals surface area contributed by atoms with Gasteiger partial charge in [-0.1, -0.05) is 13.3 Å². The summed E-state index contributed by atoms with van der Waals surface area (Å²) < 4.78 is 4.80. The average Bonchev–Trinajstić information content (AvgIpc) is 3.59. The summed E-state index contributed by atoms with van der Waals surface area (Å²) in [6.45, 7) is 11.1. The van der Waals surface area contributed by atoms with Crippen LogP contribution in [0.4, 0.5) is 5.82 Å². The third-order valence-electron chi connectivity index (χ3n) is 6.91. The standard InChI is InChI=1S/C23H30N6OS2.C6H12O2/c1-5-6-19-11-18(24)9-10-29(19)23(30)17-7-8-21(26-12-17)27-14-31-13-20(25-4)22-15(2)28-16(3)32-22;1-8-5-4-6(7)2-3-6/h7-8,12-13,19,24H,4-6,9-11,14H2,1-3H3,(H,26,27);7H,2-5H2,1H3/b20-13-,24-18?;/t19-;/m0./s1. The van der Waals surface area contributed by atoms with E-state index in [0.717, 1.165) is 59.1 Å². The minimum absolute atomic E-state index is 0.00391. The number of hydrogen-bond acceptors (Lipinski definition) is 10. The van der Waals surface area contributed by atoms with Crippen molar-refractivity contribution in [2.75, 3.05) is 31.5 Å². The van der Waals surface area contributed by atoms with Crippen molar-refractivity contribution in [2.45, 2.75) is 77.4 Å². The van der Waals surface area contributed by atoms with Gasteiger partial charge in [0.15, 0.2) is 0 Å². The fourth-order valence-electron chi connectivity index (χ4n) is 4.44. The number of methoxy groups -OCH3 is 1. The van der Waals surface area contributed by atoms with Crippen molar-refractivity contribution in [2.24, 2.45) is 4.99 Å². The van der Waals surface area contributed by atoms with E-state index in [2.05, 4.69) is 33.9 Å². The minimum atomic E-state index is -0.323. The van der Waals surface area contributed by atoms with Gasteiger partial charge in [0.2, 0.25) is 0 Å². The molecule has 2 fully saturated rings. The number of carbonyl (C=O) groups is 1. The number of aromatic nitrogens is 2. The fourth-order valence-corrected chi connectivity index (χ4v) is 6.08. The van der Waals surface area contributed by atoms with E-state index in [4.69, 9.17) is 10.1 Å². The van der Waals surface area contributed by atoms with Crippen LogP contribution in [0.25, 0.3) is 5.70 Å². The number of aryl methyl sites for hydroxylation is 2. The molecule has 1 saturated carbocycles. The first kappa shape index (κ1) is 31.9. The Bertz CT molecular complexity index is 1180. The van der Waals surface area contributed by atoms with Crippen LogP contribution in [0.15, 0.2) is 28.7 Å². The molecule has 3 N–H and O–H groups in total. The van der Waals surface area contributed by atoms with Gasteiger partial charge in [-0.15, -0.1) is 23.1 Å². The molecule has 0 unspecified atom stereocenters. The number of piperidine rings is 1. The highest BCUT2D eigenvalue weighted by molar-refractivity contribution is 8.02. The lowest BCUT2D eigenvalue weighted by Crippen LogP contribution is -2.46. The fraction of sp³-hybridized carbons (Fsp3) is 0.552. The molecule has 0 spiro atoms. The highest BCUT2D eigenvalue weighted by Crippen LogP contribution is 2.38. The lowest BCUT2D eigenvalue weighted by Gasteiger charge is -2.36. The average molecular weight is 587 g/mol. The SMILES string of the molecule is C=N/C(=C\SCNc1ccc(C(=O)N2CCC(=N)C[C@@H]2CCC)cn1)c1sc(C)nc1C.COCCC1(O)CC1. The van der Waals surface area contributed by atoms with Crippen molar-refractivity contribution in [3.63, 3.8) is 0 Å². The van der Waals surface area contributed by atoms with E-state index >= 15 is 0 Å². The number of nitrogens with one attached hydrogen (secondary N) is 2. The van der Waals surface area contributed by atoms with Gasteiger partial charge in [-0.3, -0.25) is 9.79 Å². The molecule has 1 aliphatic carbocycles. The number of rotatable bonds is 12. The van der Waals surface area contributed by atoms with E-state index in [1.165, 1.54) is 0 Å². The Hall–Kier alpha value is -2.60. The maximum absolute atomic E-state index is 13.0. The molecular weight excluding hydrogens is 544 g/mol. The van der Waals surface area contributed by atoms with Crippen molar-refractivity contribution in [3.05, 3.63) is 44.9 Å². The summed E-state index contributed by atoms with van der Waals surface area (Å²) in [6, 6.07) is 3.77. The lowest BCUT2D eigenvalue weighted by atomic mass is 9.96. The summed E-state index contributed by atoms with van der Waals surface area (Å²) in [7, 11) is 1.66. The van der Waals surface area contributed by atoms with Crippen LogP contribution in [0.2, 0.25) is 0 Å². The van der Waals surface area contributed by atoms with Crippen LogP contribution in [-0.4, -0.2) is 76.1 Å². The molecule has 2 aliphatic rings. The number of carbonyl (C=O) groups excluding carboxylic acids is 1. The van der Waals surface area contributed by atoms with Gasteiger partial charge in [0.25, 0.3) is 5.91 Å². The zero-order valence-corrected chi connectivity index (χ0v) is 25.7. The van der Waals surface area contributed by atoms with Crippen molar-refractivity contribution in [1.82, 2.24) is 14.9 Å². The Labute approximate surface area is 246 Å².